The van der Waals surface area contributed by atoms with Crippen LogP contribution in [-0.4, -0.2) is 11.6 Å². The summed E-state index contributed by atoms with van der Waals surface area (Å²) in [6, 6.07) is 16.4. The highest BCUT2D eigenvalue weighted by atomic mass is 16.5. The number of hydrogen-bond acceptors (Lipinski definition) is 3. The van der Waals surface area contributed by atoms with Crippen molar-refractivity contribution >= 4 is 11.6 Å². The minimum absolute atomic E-state index is 0.00683. The van der Waals surface area contributed by atoms with Crippen molar-refractivity contribution in [2.24, 2.45) is 0 Å². The van der Waals surface area contributed by atoms with Crippen LogP contribution < -0.4 is 4.74 Å². The van der Waals surface area contributed by atoms with E-state index in [0.29, 0.717) is 11.3 Å². The standard InChI is InChI=1S/C18H17O3/c1-2-15(19)10-13-18(20)14-8-11-17(12-9-14)21-16-6-4-3-5-7-16/h3-9,11-12H,1-2,10,13H2. The van der Waals surface area contributed by atoms with Gasteiger partial charge in [-0.15, -0.1) is 0 Å². The molecule has 107 valence electrons. The molecule has 0 fully saturated rings. The Hall–Kier alpha value is -2.42. The van der Waals surface area contributed by atoms with Crippen molar-refractivity contribution in [3.63, 3.8) is 0 Å². The molecule has 2 aromatic rings. The van der Waals surface area contributed by atoms with E-state index in [1.807, 2.05) is 30.3 Å². The summed E-state index contributed by atoms with van der Waals surface area (Å²) in [6.45, 7) is 3.51. The predicted molar refractivity (Wildman–Crippen MR) is 81.5 cm³/mol. The topological polar surface area (TPSA) is 43.4 Å². The van der Waals surface area contributed by atoms with Gasteiger partial charge in [0.2, 0.25) is 0 Å². The van der Waals surface area contributed by atoms with Crippen LogP contribution in [0.5, 0.6) is 11.5 Å². The summed E-state index contributed by atoms with van der Waals surface area (Å²) < 4.78 is 5.65. The Morgan fingerprint density at radius 1 is 0.857 bits per heavy atom. The fourth-order valence-electron chi connectivity index (χ4n) is 1.86. The Bertz CT molecular complexity index is 600. The molecule has 0 unspecified atom stereocenters. The molecule has 0 N–H and O–H groups in total. The molecule has 0 spiro atoms. The number of benzene rings is 2. The molecular weight excluding hydrogens is 264 g/mol. The van der Waals surface area contributed by atoms with Crippen molar-refractivity contribution in [2.45, 2.75) is 19.3 Å². The van der Waals surface area contributed by atoms with Crippen LogP contribution in [0.25, 0.3) is 0 Å². The number of carbonyl (C=O) groups excluding carboxylic acids is 2. The molecule has 0 amide bonds. The van der Waals surface area contributed by atoms with Gasteiger partial charge >= 0.3 is 0 Å². The van der Waals surface area contributed by atoms with Crippen LogP contribution >= 0.6 is 0 Å². The monoisotopic (exact) mass is 281 g/mol. The molecule has 0 aromatic heterocycles. The average molecular weight is 281 g/mol. The van der Waals surface area contributed by atoms with Crippen LogP contribution in [0, 0.1) is 6.92 Å². The van der Waals surface area contributed by atoms with Gasteiger partial charge in [0.15, 0.2) is 5.78 Å². The predicted octanol–water partition coefficient (Wildman–Crippen LogP) is 4.24. The largest absolute Gasteiger partial charge is 0.457 e. The van der Waals surface area contributed by atoms with Gasteiger partial charge in [0.05, 0.1) is 0 Å². The third kappa shape index (κ3) is 4.56. The Morgan fingerprint density at radius 2 is 1.48 bits per heavy atom. The van der Waals surface area contributed by atoms with E-state index in [4.69, 9.17) is 4.74 Å². The fraction of sp³-hybridized carbons (Fsp3) is 0.167. The van der Waals surface area contributed by atoms with Crippen molar-refractivity contribution < 1.29 is 14.3 Å². The Kier molecular flexibility index (Phi) is 5.27. The van der Waals surface area contributed by atoms with Crippen LogP contribution in [0.15, 0.2) is 54.6 Å². The summed E-state index contributed by atoms with van der Waals surface area (Å²) in [4.78, 5) is 23.1. The molecule has 3 nitrogen and oxygen atoms in total. The summed E-state index contributed by atoms with van der Waals surface area (Å²) >= 11 is 0. The molecule has 0 saturated carbocycles. The molecule has 0 bridgehead atoms. The van der Waals surface area contributed by atoms with E-state index in [0.717, 1.165) is 5.75 Å². The van der Waals surface area contributed by atoms with Gasteiger partial charge in [0.1, 0.15) is 17.3 Å². The maximum Gasteiger partial charge on any atom is 0.163 e. The van der Waals surface area contributed by atoms with Crippen LogP contribution in [0.2, 0.25) is 0 Å². The van der Waals surface area contributed by atoms with Gasteiger partial charge in [0, 0.05) is 24.8 Å². The summed E-state index contributed by atoms with van der Waals surface area (Å²) in [5.74, 6) is 1.39. The Labute approximate surface area is 124 Å². The maximum atomic E-state index is 11.9. The highest BCUT2D eigenvalue weighted by Crippen LogP contribution is 2.21. The molecule has 0 aliphatic carbocycles. The zero-order valence-electron chi connectivity index (χ0n) is 11.7. The highest BCUT2D eigenvalue weighted by molar-refractivity contribution is 5.98. The molecule has 2 aromatic carbocycles. The van der Waals surface area contributed by atoms with Crippen LogP contribution in [0.4, 0.5) is 0 Å². The van der Waals surface area contributed by atoms with E-state index >= 15 is 0 Å². The number of para-hydroxylation sites is 1. The zero-order valence-corrected chi connectivity index (χ0v) is 11.7. The highest BCUT2D eigenvalue weighted by Gasteiger charge is 2.08. The lowest BCUT2D eigenvalue weighted by atomic mass is 10.0. The second-order valence-electron chi connectivity index (χ2n) is 4.65. The second kappa shape index (κ2) is 7.39. The van der Waals surface area contributed by atoms with Crippen molar-refractivity contribution in [1.29, 1.82) is 0 Å². The van der Waals surface area contributed by atoms with Crippen molar-refractivity contribution in [3.05, 3.63) is 67.1 Å². The van der Waals surface area contributed by atoms with Crippen molar-refractivity contribution in [2.75, 3.05) is 0 Å². The summed E-state index contributed by atoms with van der Waals surface area (Å²) in [7, 11) is 0. The van der Waals surface area contributed by atoms with Gasteiger partial charge in [-0.2, -0.15) is 0 Å². The van der Waals surface area contributed by atoms with Crippen LogP contribution in [-0.2, 0) is 4.79 Å². The lowest BCUT2D eigenvalue weighted by Gasteiger charge is -2.06. The van der Waals surface area contributed by atoms with E-state index in [2.05, 4.69) is 6.92 Å². The number of carbonyl (C=O) groups is 2. The lowest BCUT2D eigenvalue weighted by molar-refractivity contribution is -0.118. The SMILES string of the molecule is [CH2]CC(=O)CCC(=O)c1ccc(Oc2ccccc2)cc1. The van der Waals surface area contributed by atoms with Gasteiger partial charge < -0.3 is 4.74 Å². The van der Waals surface area contributed by atoms with Crippen LogP contribution in [0.1, 0.15) is 29.6 Å². The quantitative estimate of drug-likeness (QED) is 0.713. The second-order valence-corrected chi connectivity index (χ2v) is 4.65. The van der Waals surface area contributed by atoms with E-state index in [1.54, 1.807) is 24.3 Å². The minimum atomic E-state index is -0.0388. The molecular formula is C18H17O3. The zero-order chi connectivity index (χ0) is 15.1. The van der Waals surface area contributed by atoms with Gasteiger partial charge in [-0.3, -0.25) is 9.59 Å². The first-order valence-corrected chi connectivity index (χ1v) is 6.86. The number of hydrogen-bond donors (Lipinski definition) is 0. The maximum absolute atomic E-state index is 11.9. The van der Waals surface area contributed by atoms with Crippen molar-refractivity contribution in [1.82, 2.24) is 0 Å². The minimum Gasteiger partial charge on any atom is -0.457 e. The third-order valence-corrected chi connectivity index (χ3v) is 3.06. The van der Waals surface area contributed by atoms with Gasteiger partial charge in [-0.05, 0) is 43.3 Å². The molecule has 2 rings (SSSR count). The number of ether oxygens (including phenoxy) is 1. The first kappa shape index (κ1) is 15.0. The van der Waals surface area contributed by atoms with Gasteiger partial charge in [-0.25, -0.2) is 0 Å². The number of ketones is 2. The van der Waals surface area contributed by atoms with Crippen LogP contribution in [0.3, 0.4) is 0 Å². The first-order valence-electron chi connectivity index (χ1n) is 6.86. The van der Waals surface area contributed by atoms with E-state index in [9.17, 15) is 9.59 Å². The molecule has 3 heteroatoms. The van der Waals surface area contributed by atoms with Gasteiger partial charge in [0.25, 0.3) is 0 Å². The first-order chi connectivity index (χ1) is 10.2. The van der Waals surface area contributed by atoms with E-state index in [-0.39, 0.29) is 30.8 Å². The smallest absolute Gasteiger partial charge is 0.163 e. The van der Waals surface area contributed by atoms with E-state index in [1.165, 1.54) is 0 Å². The Morgan fingerprint density at radius 3 is 2.10 bits per heavy atom. The molecule has 21 heavy (non-hydrogen) atoms. The number of rotatable bonds is 7. The third-order valence-electron chi connectivity index (χ3n) is 3.06. The fourth-order valence-corrected chi connectivity index (χ4v) is 1.86. The van der Waals surface area contributed by atoms with Gasteiger partial charge in [-0.1, -0.05) is 18.2 Å². The van der Waals surface area contributed by atoms with E-state index < -0.39 is 0 Å². The molecule has 0 aliphatic heterocycles. The Balaban J connectivity index is 1.95. The number of Topliss-reactive ketones (excluding diaryl/α,β-unsaturated/α-hetero) is 2. The lowest BCUT2D eigenvalue weighted by Crippen LogP contribution is -2.03. The molecule has 0 heterocycles. The normalized spacial score (nSPS) is 10.1. The molecule has 0 aliphatic rings. The molecule has 1 radical (unpaired) electrons. The summed E-state index contributed by atoms with van der Waals surface area (Å²) in [5, 5.41) is 0. The molecule has 0 atom stereocenters. The van der Waals surface area contributed by atoms with Crippen molar-refractivity contribution in [3.8, 4) is 11.5 Å². The molecule has 0 saturated heterocycles. The summed E-state index contributed by atoms with van der Waals surface area (Å²) in [6.07, 6.45) is 0.717. The summed E-state index contributed by atoms with van der Waals surface area (Å²) in [5.41, 5.74) is 0.590. The average Bonchev–Trinajstić information content (AvgIpc) is 2.54.